The van der Waals surface area contributed by atoms with Crippen LogP contribution in [-0.2, 0) is 17.6 Å². The van der Waals surface area contributed by atoms with Gasteiger partial charge in [-0.15, -0.1) is 24.8 Å². The topological polar surface area (TPSA) is 58.4 Å². The van der Waals surface area contributed by atoms with E-state index in [-0.39, 0.29) is 30.7 Å². The van der Waals surface area contributed by atoms with Crippen LogP contribution in [0.25, 0.3) is 0 Å². The molecule has 0 bridgehead atoms. The number of hydrogen-bond donors (Lipinski definition) is 2. The summed E-state index contributed by atoms with van der Waals surface area (Å²) in [6.45, 7) is 2.36. The lowest BCUT2D eigenvalue weighted by atomic mass is 9.90. The molecular formula is C27H33Cl2N3O. The van der Waals surface area contributed by atoms with Gasteiger partial charge in [-0.25, -0.2) is 0 Å². The molecule has 176 valence electrons. The minimum absolute atomic E-state index is 0. The van der Waals surface area contributed by atoms with Gasteiger partial charge in [-0.05, 0) is 73.5 Å². The highest BCUT2D eigenvalue weighted by atomic mass is 35.5. The molecule has 3 aromatic rings. The Kier molecular flexibility index (Phi) is 10.7. The Balaban J connectivity index is 0.00000193. The summed E-state index contributed by atoms with van der Waals surface area (Å²) in [6.07, 6.45) is 4.24. The highest BCUT2D eigenvalue weighted by molar-refractivity contribution is 5.95. The van der Waals surface area contributed by atoms with Gasteiger partial charge in [0.1, 0.15) is 0 Å². The molecule has 4 nitrogen and oxygen atoms in total. The molecule has 1 heterocycles. The maximum atomic E-state index is 12.6. The van der Waals surface area contributed by atoms with Gasteiger partial charge in [0.25, 0.3) is 0 Å². The number of amides is 1. The van der Waals surface area contributed by atoms with Crippen molar-refractivity contribution in [2.45, 2.75) is 25.7 Å². The van der Waals surface area contributed by atoms with Crippen LogP contribution in [0.4, 0.5) is 11.4 Å². The number of piperidine rings is 1. The highest BCUT2D eigenvalue weighted by Gasteiger charge is 2.21. The number of halogens is 2. The Bertz CT molecular complexity index is 991. The van der Waals surface area contributed by atoms with Crippen LogP contribution in [0.1, 0.15) is 29.5 Å². The fourth-order valence-electron chi connectivity index (χ4n) is 4.36. The van der Waals surface area contributed by atoms with Crippen LogP contribution >= 0.6 is 24.8 Å². The second-order valence-corrected chi connectivity index (χ2v) is 8.54. The normalized spacial score (nSPS) is 14.1. The Morgan fingerprint density at radius 2 is 1.45 bits per heavy atom. The summed E-state index contributed by atoms with van der Waals surface area (Å²) in [5.74, 6) is 0.707. The van der Waals surface area contributed by atoms with Gasteiger partial charge in [0.05, 0.1) is 17.9 Å². The highest BCUT2D eigenvalue weighted by Crippen LogP contribution is 2.23. The van der Waals surface area contributed by atoms with Crippen molar-refractivity contribution in [1.82, 2.24) is 4.90 Å². The summed E-state index contributed by atoms with van der Waals surface area (Å²) >= 11 is 0. The molecule has 1 saturated heterocycles. The number of carbonyl (C=O) groups excluding carboxylic acids is 1. The van der Waals surface area contributed by atoms with E-state index in [1.165, 1.54) is 11.1 Å². The molecule has 0 unspecified atom stereocenters. The average molecular weight is 486 g/mol. The van der Waals surface area contributed by atoms with Gasteiger partial charge in [0.2, 0.25) is 5.91 Å². The molecule has 3 N–H and O–H groups in total. The lowest BCUT2D eigenvalue weighted by Crippen LogP contribution is -2.39. The number of carbonyl (C=O) groups is 1. The van der Waals surface area contributed by atoms with Crippen molar-refractivity contribution in [3.63, 3.8) is 0 Å². The van der Waals surface area contributed by atoms with E-state index < -0.39 is 0 Å². The van der Waals surface area contributed by atoms with E-state index in [1.807, 2.05) is 36.4 Å². The van der Waals surface area contributed by atoms with Gasteiger partial charge in [-0.1, -0.05) is 66.7 Å². The molecule has 1 fully saturated rings. The van der Waals surface area contributed by atoms with Gasteiger partial charge in [-0.3, -0.25) is 9.69 Å². The third kappa shape index (κ3) is 8.08. The lowest BCUT2D eigenvalue weighted by molar-refractivity contribution is -0.117. The minimum atomic E-state index is 0. The van der Waals surface area contributed by atoms with Crippen molar-refractivity contribution < 1.29 is 4.79 Å². The Morgan fingerprint density at radius 1 is 0.848 bits per heavy atom. The first-order valence-corrected chi connectivity index (χ1v) is 11.1. The Hall–Kier alpha value is -2.53. The van der Waals surface area contributed by atoms with Gasteiger partial charge in [0, 0.05) is 0 Å². The number of hydrogen-bond acceptors (Lipinski definition) is 3. The second-order valence-electron chi connectivity index (χ2n) is 8.54. The third-order valence-electron chi connectivity index (χ3n) is 6.08. The van der Waals surface area contributed by atoms with Crippen LogP contribution in [0.15, 0.2) is 78.9 Å². The molecule has 33 heavy (non-hydrogen) atoms. The van der Waals surface area contributed by atoms with E-state index in [0.29, 0.717) is 23.8 Å². The van der Waals surface area contributed by atoms with Gasteiger partial charge in [0.15, 0.2) is 0 Å². The predicted molar refractivity (Wildman–Crippen MR) is 143 cm³/mol. The van der Waals surface area contributed by atoms with Gasteiger partial charge < -0.3 is 11.1 Å². The molecule has 0 radical (unpaired) electrons. The predicted octanol–water partition coefficient (Wildman–Crippen LogP) is 5.60. The zero-order chi connectivity index (χ0) is 21.5. The summed E-state index contributed by atoms with van der Waals surface area (Å²) in [6, 6.07) is 26.9. The largest absolute Gasteiger partial charge is 0.397 e. The number of likely N-dealkylation sites (tertiary alicyclic amines) is 1. The van der Waals surface area contributed by atoms with Crippen molar-refractivity contribution in [3.05, 3.63) is 95.6 Å². The number of rotatable bonds is 7. The molecule has 0 atom stereocenters. The molecule has 1 aliphatic rings. The molecule has 0 aliphatic carbocycles. The molecule has 0 spiro atoms. The number of nitrogen functional groups attached to an aromatic ring is 1. The standard InChI is InChI=1S/C27H31N3O.2ClH/c28-25-19-24(18-22-9-5-2-6-10-22)11-12-26(25)29-27(31)20-30-15-13-23(14-16-30)17-21-7-3-1-4-8-21;;/h1-12,19,23H,13-18,20,28H2,(H,29,31);2*1H. The number of nitrogens with two attached hydrogens (primary N) is 1. The van der Waals surface area contributed by atoms with Crippen molar-refractivity contribution in [1.29, 1.82) is 0 Å². The van der Waals surface area contributed by atoms with Crippen LogP contribution in [-0.4, -0.2) is 30.4 Å². The maximum absolute atomic E-state index is 12.6. The third-order valence-corrected chi connectivity index (χ3v) is 6.08. The van der Waals surface area contributed by atoms with Crippen molar-refractivity contribution in [2.75, 3.05) is 30.7 Å². The summed E-state index contributed by atoms with van der Waals surface area (Å²) in [4.78, 5) is 14.8. The van der Waals surface area contributed by atoms with E-state index in [1.54, 1.807) is 0 Å². The summed E-state index contributed by atoms with van der Waals surface area (Å²) < 4.78 is 0. The second kappa shape index (κ2) is 13.2. The van der Waals surface area contributed by atoms with Gasteiger partial charge in [-0.2, -0.15) is 0 Å². The van der Waals surface area contributed by atoms with Crippen molar-refractivity contribution in [3.8, 4) is 0 Å². The number of nitrogens with zero attached hydrogens (tertiary/aromatic N) is 1. The molecular weight excluding hydrogens is 453 g/mol. The van der Waals surface area contributed by atoms with Crippen LogP contribution in [0.2, 0.25) is 0 Å². The molecule has 0 aromatic heterocycles. The summed E-state index contributed by atoms with van der Waals surface area (Å²) in [5, 5.41) is 2.99. The van der Waals surface area contributed by atoms with Crippen molar-refractivity contribution in [2.24, 2.45) is 5.92 Å². The zero-order valence-corrected chi connectivity index (χ0v) is 20.4. The summed E-state index contributed by atoms with van der Waals surface area (Å²) in [5.41, 5.74) is 11.3. The minimum Gasteiger partial charge on any atom is -0.397 e. The number of benzene rings is 3. The fourth-order valence-corrected chi connectivity index (χ4v) is 4.36. The van der Waals surface area contributed by atoms with Gasteiger partial charge >= 0.3 is 0 Å². The quantitative estimate of drug-likeness (QED) is 0.428. The van der Waals surface area contributed by atoms with E-state index in [0.717, 1.165) is 44.3 Å². The molecule has 0 saturated carbocycles. The van der Waals surface area contributed by atoms with Crippen LogP contribution < -0.4 is 11.1 Å². The van der Waals surface area contributed by atoms with E-state index in [2.05, 4.69) is 52.7 Å². The molecule has 6 heteroatoms. The molecule has 3 aromatic carbocycles. The van der Waals surface area contributed by atoms with E-state index in [9.17, 15) is 4.79 Å². The van der Waals surface area contributed by atoms with Crippen LogP contribution in [0.5, 0.6) is 0 Å². The first-order chi connectivity index (χ1) is 15.2. The smallest absolute Gasteiger partial charge is 0.238 e. The molecule has 1 amide bonds. The van der Waals surface area contributed by atoms with Crippen molar-refractivity contribution >= 4 is 42.1 Å². The number of anilines is 2. The molecule has 4 rings (SSSR count). The van der Waals surface area contributed by atoms with Crippen LogP contribution in [0, 0.1) is 5.92 Å². The first-order valence-electron chi connectivity index (χ1n) is 11.1. The first kappa shape index (κ1) is 26.7. The lowest BCUT2D eigenvalue weighted by Gasteiger charge is -2.31. The zero-order valence-electron chi connectivity index (χ0n) is 18.8. The number of nitrogens with one attached hydrogen (secondary N) is 1. The van der Waals surface area contributed by atoms with Crippen LogP contribution in [0.3, 0.4) is 0 Å². The van der Waals surface area contributed by atoms with E-state index >= 15 is 0 Å². The Morgan fingerprint density at radius 3 is 2.06 bits per heavy atom. The fraction of sp³-hybridized carbons (Fsp3) is 0.296. The average Bonchev–Trinajstić information content (AvgIpc) is 2.78. The monoisotopic (exact) mass is 485 g/mol. The molecule has 1 aliphatic heterocycles. The SMILES string of the molecule is Cl.Cl.Nc1cc(Cc2ccccc2)ccc1NC(=O)CN1CCC(Cc2ccccc2)CC1. The Labute approximate surface area is 209 Å². The maximum Gasteiger partial charge on any atom is 0.238 e. The summed E-state index contributed by atoms with van der Waals surface area (Å²) in [7, 11) is 0. The van der Waals surface area contributed by atoms with E-state index in [4.69, 9.17) is 5.73 Å².